The van der Waals surface area contributed by atoms with E-state index in [1.54, 1.807) is 24.3 Å². The Labute approximate surface area is 107 Å². The van der Waals surface area contributed by atoms with Gasteiger partial charge in [0.25, 0.3) is 0 Å². The molecule has 0 aliphatic carbocycles. The molecule has 2 aromatic rings. The van der Waals surface area contributed by atoms with Crippen molar-refractivity contribution in [2.24, 2.45) is 0 Å². The van der Waals surface area contributed by atoms with Gasteiger partial charge in [0.05, 0.1) is 10.0 Å². The Hall–Kier alpha value is -1.55. The van der Waals surface area contributed by atoms with Crippen molar-refractivity contribution in [3.05, 3.63) is 63.6 Å². The van der Waals surface area contributed by atoms with Crippen LogP contribution in [0.1, 0.15) is 21.6 Å². The molecule has 86 valence electrons. The number of aromatic nitrogens is 1. The highest BCUT2D eigenvalue weighted by molar-refractivity contribution is 9.10. The predicted molar refractivity (Wildman–Crippen MR) is 66.5 cm³/mol. The minimum atomic E-state index is -0.543. The van der Waals surface area contributed by atoms with Crippen molar-refractivity contribution in [1.82, 2.24) is 4.98 Å². The summed E-state index contributed by atoms with van der Waals surface area (Å²) in [4.78, 5) is 16.1. The van der Waals surface area contributed by atoms with Gasteiger partial charge in [-0.3, -0.25) is 9.78 Å². The first kappa shape index (κ1) is 11.9. The van der Waals surface area contributed by atoms with Gasteiger partial charge < -0.3 is 0 Å². The fourth-order valence-electron chi connectivity index (χ4n) is 1.44. The Morgan fingerprint density at radius 2 is 2.06 bits per heavy atom. The zero-order valence-corrected chi connectivity index (χ0v) is 10.7. The number of carbonyl (C=O) groups is 1. The Morgan fingerprint density at radius 1 is 1.29 bits per heavy atom. The molecule has 0 aliphatic rings. The molecule has 1 aromatic heterocycles. The van der Waals surface area contributed by atoms with Gasteiger partial charge in [-0.25, -0.2) is 4.39 Å². The summed E-state index contributed by atoms with van der Waals surface area (Å²) >= 11 is 3.06. The van der Waals surface area contributed by atoms with Crippen LogP contribution in [0.4, 0.5) is 4.39 Å². The number of pyridine rings is 1. The summed E-state index contributed by atoms with van der Waals surface area (Å²) in [6.45, 7) is 1.83. The van der Waals surface area contributed by atoms with Crippen molar-refractivity contribution in [1.29, 1.82) is 0 Å². The zero-order chi connectivity index (χ0) is 12.4. The van der Waals surface area contributed by atoms with E-state index in [2.05, 4.69) is 20.9 Å². The normalized spacial score (nSPS) is 10.3. The molecular formula is C13H9BrFNO. The highest BCUT2D eigenvalue weighted by Gasteiger charge is 2.15. The van der Waals surface area contributed by atoms with Gasteiger partial charge in [-0.1, -0.05) is 6.07 Å². The zero-order valence-electron chi connectivity index (χ0n) is 9.08. The van der Waals surface area contributed by atoms with E-state index in [0.717, 1.165) is 5.69 Å². The van der Waals surface area contributed by atoms with E-state index < -0.39 is 5.82 Å². The van der Waals surface area contributed by atoms with Crippen molar-refractivity contribution >= 4 is 21.7 Å². The molecule has 2 rings (SSSR count). The van der Waals surface area contributed by atoms with Gasteiger partial charge in [-0.2, -0.15) is 0 Å². The second-order valence-corrected chi connectivity index (χ2v) is 4.47. The first-order valence-electron chi connectivity index (χ1n) is 5.01. The highest BCUT2D eigenvalue weighted by Crippen LogP contribution is 2.20. The molecule has 1 aromatic carbocycles. The number of carbonyl (C=O) groups excluding carboxylic acids is 1. The minimum Gasteiger partial charge on any atom is -0.288 e. The van der Waals surface area contributed by atoms with Crippen LogP contribution in [-0.4, -0.2) is 10.8 Å². The monoisotopic (exact) mass is 293 g/mol. The summed E-state index contributed by atoms with van der Waals surface area (Å²) in [5, 5.41) is 0. The van der Waals surface area contributed by atoms with Crippen LogP contribution in [0.15, 0.2) is 41.0 Å². The molecule has 0 aliphatic heterocycles. The molecule has 0 fully saturated rings. The first-order valence-corrected chi connectivity index (χ1v) is 5.80. The van der Waals surface area contributed by atoms with Crippen LogP contribution in [0, 0.1) is 12.7 Å². The maximum absolute atomic E-state index is 13.7. The molecule has 0 radical (unpaired) electrons. The second-order valence-electron chi connectivity index (χ2n) is 3.62. The maximum atomic E-state index is 13.7. The molecule has 17 heavy (non-hydrogen) atoms. The van der Waals surface area contributed by atoms with Crippen LogP contribution in [0.3, 0.4) is 0 Å². The standard InChI is InChI=1S/C13H9BrFNO/c1-8-5-6-9(7-16-8)13(17)10-3-2-4-11(14)12(10)15/h2-7H,1H3. The van der Waals surface area contributed by atoms with E-state index in [4.69, 9.17) is 0 Å². The van der Waals surface area contributed by atoms with Crippen LogP contribution in [0.5, 0.6) is 0 Å². The van der Waals surface area contributed by atoms with Gasteiger partial charge in [-0.15, -0.1) is 0 Å². The highest BCUT2D eigenvalue weighted by atomic mass is 79.9. The fraction of sp³-hybridized carbons (Fsp3) is 0.0769. The van der Waals surface area contributed by atoms with Crippen LogP contribution >= 0.6 is 15.9 Å². The lowest BCUT2D eigenvalue weighted by atomic mass is 10.0. The summed E-state index contributed by atoms with van der Waals surface area (Å²) in [7, 11) is 0. The molecule has 1 heterocycles. The summed E-state index contributed by atoms with van der Waals surface area (Å²) in [6, 6.07) is 8.01. The number of nitrogens with zero attached hydrogens (tertiary/aromatic N) is 1. The molecule has 0 atom stereocenters. The molecule has 0 spiro atoms. The molecule has 0 bridgehead atoms. The summed E-state index contributed by atoms with van der Waals surface area (Å²) in [6.07, 6.45) is 1.46. The Morgan fingerprint density at radius 3 is 2.71 bits per heavy atom. The third-order valence-electron chi connectivity index (χ3n) is 2.37. The Kier molecular flexibility index (Phi) is 3.33. The van der Waals surface area contributed by atoms with Gasteiger partial charge in [0.15, 0.2) is 5.78 Å². The van der Waals surface area contributed by atoms with Crippen LogP contribution in [-0.2, 0) is 0 Å². The molecular weight excluding hydrogens is 285 g/mol. The number of benzene rings is 1. The average molecular weight is 294 g/mol. The van der Waals surface area contributed by atoms with Gasteiger partial charge in [0.1, 0.15) is 5.82 Å². The van der Waals surface area contributed by atoms with Crippen LogP contribution < -0.4 is 0 Å². The fourth-order valence-corrected chi connectivity index (χ4v) is 1.80. The SMILES string of the molecule is Cc1ccc(C(=O)c2cccc(Br)c2F)cn1. The first-order chi connectivity index (χ1) is 8.09. The number of ketones is 1. The predicted octanol–water partition coefficient (Wildman–Crippen LogP) is 3.52. The molecule has 4 heteroatoms. The minimum absolute atomic E-state index is 0.0463. The van der Waals surface area contributed by atoms with Crippen molar-refractivity contribution in [2.45, 2.75) is 6.92 Å². The summed E-state index contributed by atoms with van der Waals surface area (Å²) in [5.41, 5.74) is 1.24. The van der Waals surface area contributed by atoms with E-state index >= 15 is 0 Å². The number of aryl methyl sites for hydroxylation is 1. The molecule has 2 nitrogen and oxygen atoms in total. The van der Waals surface area contributed by atoms with E-state index in [1.807, 2.05) is 6.92 Å². The third kappa shape index (κ3) is 2.42. The van der Waals surface area contributed by atoms with Gasteiger partial charge in [-0.05, 0) is 47.1 Å². The lowest BCUT2D eigenvalue weighted by molar-refractivity contribution is 0.103. The summed E-state index contributed by atoms with van der Waals surface area (Å²) in [5.74, 6) is -0.908. The van der Waals surface area contributed by atoms with Crippen molar-refractivity contribution in [3.63, 3.8) is 0 Å². The summed E-state index contributed by atoms with van der Waals surface area (Å²) < 4.78 is 14.0. The lowest BCUT2D eigenvalue weighted by Gasteiger charge is -2.04. The van der Waals surface area contributed by atoms with E-state index in [1.165, 1.54) is 12.3 Å². The van der Waals surface area contributed by atoms with Gasteiger partial charge in [0, 0.05) is 17.5 Å². The van der Waals surface area contributed by atoms with E-state index in [-0.39, 0.29) is 15.8 Å². The number of rotatable bonds is 2. The molecule has 0 N–H and O–H groups in total. The molecule has 0 saturated heterocycles. The number of hydrogen-bond donors (Lipinski definition) is 0. The van der Waals surface area contributed by atoms with Crippen molar-refractivity contribution in [3.8, 4) is 0 Å². The van der Waals surface area contributed by atoms with Crippen molar-refractivity contribution in [2.75, 3.05) is 0 Å². The quantitative estimate of drug-likeness (QED) is 0.793. The number of halogens is 2. The largest absolute Gasteiger partial charge is 0.288 e. The van der Waals surface area contributed by atoms with E-state index in [0.29, 0.717) is 5.56 Å². The van der Waals surface area contributed by atoms with Crippen LogP contribution in [0.25, 0.3) is 0 Å². The molecule has 0 saturated carbocycles. The Balaban J connectivity index is 2.44. The second kappa shape index (κ2) is 4.75. The lowest BCUT2D eigenvalue weighted by Crippen LogP contribution is -2.05. The maximum Gasteiger partial charge on any atom is 0.197 e. The molecule has 0 unspecified atom stereocenters. The molecule has 0 amide bonds. The van der Waals surface area contributed by atoms with Gasteiger partial charge >= 0.3 is 0 Å². The van der Waals surface area contributed by atoms with Gasteiger partial charge in [0.2, 0.25) is 0 Å². The average Bonchev–Trinajstić information content (AvgIpc) is 2.33. The Bertz CT molecular complexity index is 566. The van der Waals surface area contributed by atoms with Crippen molar-refractivity contribution < 1.29 is 9.18 Å². The smallest absolute Gasteiger partial charge is 0.197 e. The third-order valence-corrected chi connectivity index (χ3v) is 2.98. The number of hydrogen-bond acceptors (Lipinski definition) is 2. The van der Waals surface area contributed by atoms with Crippen LogP contribution in [0.2, 0.25) is 0 Å². The van der Waals surface area contributed by atoms with E-state index in [9.17, 15) is 9.18 Å². The topological polar surface area (TPSA) is 30.0 Å².